The van der Waals surface area contributed by atoms with Gasteiger partial charge >= 0.3 is 0 Å². The van der Waals surface area contributed by atoms with Crippen LogP contribution >= 0.6 is 0 Å². The van der Waals surface area contributed by atoms with E-state index in [-0.39, 0.29) is 11.6 Å². The van der Waals surface area contributed by atoms with Crippen molar-refractivity contribution in [3.05, 3.63) is 75.8 Å². The maximum absolute atomic E-state index is 12.0. The molecule has 6 nitrogen and oxygen atoms in total. The number of carbonyl (C=O) groups excluding carboxylic acids is 1. The van der Waals surface area contributed by atoms with Gasteiger partial charge in [0.1, 0.15) is 6.17 Å². The van der Waals surface area contributed by atoms with Crippen molar-refractivity contribution >= 4 is 23.4 Å². The quantitative estimate of drug-likeness (QED) is 0.673. The van der Waals surface area contributed by atoms with Gasteiger partial charge in [-0.15, -0.1) is 0 Å². The fourth-order valence-corrected chi connectivity index (χ4v) is 2.32. The Hall–Kier alpha value is -3.15. The molecule has 110 valence electrons. The van der Waals surface area contributed by atoms with Crippen LogP contribution in [0.15, 0.2) is 54.6 Å². The van der Waals surface area contributed by atoms with Crippen LogP contribution in [0.1, 0.15) is 15.9 Å². The molecule has 3 rings (SSSR count). The summed E-state index contributed by atoms with van der Waals surface area (Å²) in [4.78, 5) is 22.5. The number of anilines is 1. The SMILES string of the molecule is O=C1NC(/C=C/c2ccccc2[N+](=O)[O-])Nc2ccccc21. The van der Waals surface area contributed by atoms with Gasteiger partial charge in [0.15, 0.2) is 0 Å². The molecule has 1 aliphatic heterocycles. The molecule has 0 aromatic heterocycles. The van der Waals surface area contributed by atoms with Crippen molar-refractivity contribution in [2.45, 2.75) is 6.17 Å². The number of hydrogen-bond donors (Lipinski definition) is 2. The zero-order valence-electron chi connectivity index (χ0n) is 11.5. The standard InChI is InChI=1S/C16H13N3O3/c20-16-12-6-2-3-7-13(12)17-15(18-16)10-9-11-5-1-4-8-14(11)19(21)22/h1-10,15,17H,(H,18,20)/b10-9+. The second-order valence-electron chi connectivity index (χ2n) is 4.82. The van der Waals surface area contributed by atoms with E-state index in [0.29, 0.717) is 11.1 Å². The van der Waals surface area contributed by atoms with Crippen molar-refractivity contribution in [1.29, 1.82) is 0 Å². The molecular weight excluding hydrogens is 282 g/mol. The number of amides is 1. The molecule has 2 aromatic carbocycles. The minimum absolute atomic E-state index is 0.0290. The Labute approximate surface area is 126 Å². The van der Waals surface area contributed by atoms with Gasteiger partial charge in [-0.2, -0.15) is 0 Å². The maximum atomic E-state index is 12.0. The molecule has 0 aliphatic carbocycles. The van der Waals surface area contributed by atoms with E-state index in [0.717, 1.165) is 5.69 Å². The Kier molecular flexibility index (Phi) is 3.57. The summed E-state index contributed by atoms with van der Waals surface area (Å²) >= 11 is 0. The molecule has 0 saturated carbocycles. The van der Waals surface area contributed by atoms with Crippen LogP contribution in [0.2, 0.25) is 0 Å². The lowest BCUT2D eigenvalue weighted by atomic mass is 10.1. The third-order valence-corrected chi connectivity index (χ3v) is 3.37. The topological polar surface area (TPSA) is 84.3 Å². The molecule has 0 radical (unpaired) electrons. The number of rotatable bonds is 3. The van der Waals surface area contributed by atoms with Gasteiger partial charge in [-0.1, -0.05) is 24.3 Å². The zero-order chi connectivity index (χ0) is 15.5. The number of para-hydroxylation sites is 2. The summed E-state index contributed by atoms with van der Waals surface area (Å²) in [6.07, 6.45) is 2.91. The number of hydrogen-bond acceptors (Lipinski definition) is 4. The van der Waals surface area contributed by atoms with E-state index < -0.39 is 11.1 Å². The lowest BCUT2D eigenvalue weighted by molar-refractivity contribution is -0.385. The lowest BCUT2D eigenvalue weighted by Gasteiger charge is -2.25. The molecular formula is C16H13N3O3. The van der Waals surface area contributed by atoms with Crippen molar-refractivity contribution in [2.75, 3.05) is 5.32 Å². The molecule has 2 aromatic rings. The number of nitrogens with one attached hydrogen (secondary N) is 2. The number of fused-ring (bicyclic) bond motifs is 1. The van der Waals surface area contributed by atoms with Crippen molar-refractivity contribution in [3.63, 3.8) is 0 Å². The highest BCUT2D eigenvalue weighted by molar-refractivity contribution is 6.01. The van der Waals surface area contributed by atoms with Crippen LogP contribution in [-0.2, 0) is 0 Å². The van der Waals surface area contributed by atoms with Gasteiger partial charge in [0.05, 0.1) is 16.1 Å². The second kappa shape index (κ2) is 5.69. The van der Waals surface area contributed by atoms with Crippen molar-refractivity contribution < 1.29 is 9.72 Å². The van der Waals surface area contributed by atoms with Crippen molar-refractivity contribution in [1.82, 2.24) is 5.32 Å². The molecule has 2 N–H and O–H groups in total. The van der Waals surface area contributed by atoms with Gasteiger partial charge < -0.3 is 10.6 Å². The van der Waals surface area contributed by atoms with E-state index >= 15 is 0 Å². The maximum Gasteiger partial charge on any atom is 0.276 e. The molecule has 0 fully saturated rings. The highest BCUT2D eigenvalue weighted by atomic mass is 16.6. The summed E-state index contributed by atoms with van der Waals surface area (Å²) in [6, 6.07) is 13.6. The minimum Gasteiger partial charge on any atom is -0.361 e. The van der Waals surface area contributed by atoms with Crippen molar-refractivity contribution in [2.24, 2.45) is 0 Å². The average molecular weight is 295 g/mol. The van der Waals surface area contributed by atoms with Gasteiger partial charge in [0.25, 0.3) is 11.6 Å². The van der Waals surface area contributed by atoms with E-state index in [9.17, 15) is 14.9 Å². The van der Waals surface area contributed by atoms with E-state index in [1.807, 2.05) is 12.1 Å². The molecule has 1 amide bonds. The molecule has 1 aliphatic rings. The first-order valence-electron chi connectivity index (χ1n) is 6.73. The summed E-state index contributed by atoms with van der Waals surface area (Å²) in [5.41, 5.74) is 1.84. The summed E-state index contributed by atoms with van der Waals surface area (Å²) < 4.78 is 0. The summed E-state index contributed by atoms with van der Waals surface area (Å²) in [6.45, 7) is 0. The Morgan fingerprint density at radius 3 is 2.59 bits per heavy atom. The lowest BCUT2D eigenvalue weighted by Crippen LogP contribution is -2.43. The van der Waals surface area contributed by atoms with Gasteiger partial charge in [0, 0.05) is 11.8 Å². The smallest absolute Gasteiger partial charge is 0.276 e. The van der Waals surface area contributed by atoms with Gasteiger partial charge in [-0.25, -0.2) is 0 Å². The highest BCUT2D eigenvalue weighted by Gasteiger charge is 2.21. The fourth-order valence-electron chi connectivity index (χ4n) is 2.32. The molecule has 6 heteroatoms. The van der Waals surface area contributed by atoms with Crippen LogP contribution in [-0.4, -0.2) is 17.0 Å². The molecule has 0 spiro atoms. The van der Waals surface area contributed by atoms with Crippen LogP contribution in [0.5, 0.6) is 0 Å². The fraction of sp³-hybridized carbons (Fsp3) is 0.0625. The number of nitro benzene ring substituents is 1. The Morgan fingerprint density at radius 2 is 1.77 bits per heavy atom. The normalized spacial score (nSPS) is 16.7. The predicted molar refractivity (Wildman–Crippen MR) is 83.4 cm³/mol. The van der Waals surface area contributed by atoms with Crippen LogP contribution in [0.25, 0.3) is 6.08 Å². The summed E-state index contributed by atoms with van der Waals surface area (Å²) in [5.74, 6) is -0.174. The largest absolute Gasteiger partial charge is 0.361 e. The molecule has 0 saturated heterocycles. The van der Waals surface area contributed by atoms with Crippen LogP contribution in [0.3, 0.4) is 0 Å². The Morgan fingerprint density at radius 1 is 1.05 bits per heavy atom. The highest BCUT2D eigenvalue weighted by Crippen LogP contribution is 2.22. The second-order valence-corrected chi connectivity index (χ2v) is 4.82. The minimum atomic E-state index is -0.429. The van der Waals surface area contributed by atoms with E-state index in [1.165, 1.54) is 6.07 Å². The first-order valence-corrected chi connectivity index (χ1v) is 6.73. The van der Waals surface area contributed by atoms with E-state index in [1.54, 1.807) is 42.5 Å². The average Bonchev–Trinajstić information content (AvgIpc) is 2.53. The Balaban J connectivity index is 1.83. The number of nitrogens with zero attached hydrogens (tertiary/aromatic N) is 1. The number of benzene rings is 2. The molecule has 1 heterocycles. The van der Waals surface area contributed by atoms with Crippen LogP contribution < -0.4 is 10.6 Å². The van der Waals surface area contributed by atoms with Gasteiger partial charge in [-0.05, 0) is 30.4 Å². The van der Waals surface area contributed by atoms with Crippen LogP contribution in [0.4, 0.5) is 11.4 Å². The third kappa shape index (κ3) is 2.67. The zero-order valence-corrected chi connectivity index (χ0v) is 11.5. The van der Waals surface area contributed by atoms with E-state index in [4.69, 9.17) is 0 Å². The first kappa shape index (κ1) is 13.8. The van der Waals surface area contributed by atoms with Crippen molar-refractivity contribution in [3.8, 4) is 0 Å². The predicted octanol–water partition coefficient (Wildman–Crippen LogP) is 2.79. The molecule has 22 heavy (non-hydrogen) atoms. The third-order valence-electron chi connectivity index (χ3n) is 3.37. The van der Waals surface area contributed by atoms with E-state index in [2.05, 4.69) is 10.6 Å². The molecule has 1 atom stereocenters. The molecule has 1 unspecified atom stereocenters. The van der Waals surface area contributed by atoms with Crippen LogP contribution in [0, 0.1) is 10.1 Å². The molecule has 0 bridgehead atoms. The van der Waals surface area contributed by atoms with Gasteiger partial charge in [0.2, 0.25) is 0 Å². The van der Waals surface area contributed by atoms with Gasteiger partial charge in [-0.3, -0.25) is 14.9 Å². The summed E-state index contributed by atoms with van der Waals surface area (Å²) in [5, 5.41) is 16.9. The number of carbonyl (C=O) groups is 1. The Bertz CT molecular complexity index is 771. The first-order chi connectivity index (χ1) is 10.6. The number of nitro groups is 1. The summed E-state index contributed by atoms with van der Waals surface area (Å²) in [7, 11) is 0. The monoisotopic (exact) mass is 295 g/mol.